The molecule has 5 nitrogen and oxygen atoms in total. The Morgan fingerprint density at radius 1 is 1.30 bits per heavy atom. The zero-order valence-corrected chi connectivity index (χ0v) is 15.3. The summed E-state index contributed by atoms with van der Waals surface area (Å²) in [6, 6.07) is 6.03. The van der Waals surface area contributed by atoms with E-state index in [2.05, 4.69) is 22.0 Å². The largest absolute Gasteiger partial charge is 0.454 e. The lowest BCUT2D eigenvalue weighted by Crippen LogP contribution is -2.35. The molecule has 2 aliphatic rings. The number of fused-ring (bicyclic) bond motifs is 1. The monoisotopic (exact) mass is 383 g/mol. The molecule has 2 atom stereocenters. The molecule has 0 spiro atoms. The third-order valence-corrected chi connectivity index (χ3v) is 4.95. The van der Waals surface area contributed by atoms with Crippen molar-refractivity contribution in [1.82, 2.24) is 4.90 Å². The van der Waals surface area contributed by atoms with Gasteiger partial charge in [0.25, 0.3) is 0 Å². The van der Waals surface area contributed by atoms with E-state index in [0.717, 1.165) is 16.8 Å². The molecule has 23 heavy (non-hydrogen) atoms. The Kier molecular flexibility index (Phi) is 4.45. The van der Waals surface area contributed by atoms with Crippen molar-refractivity contribution < 1.29 is 19.0 Å². The topological polar surface area (TPSA) is 48.0 Å². The van der Waals surface area contributed by atoms with Crippen LogP contribution in [0.15, 0.2) is 18.2 Å². The number of ether oxygens (including phenoxy) is 3. The molecule has 1 aromatic rings. The molecule has 0 aliphatic carbocycles. The van der Waals surface area contributed by atoms with Crippen LogP contribution in [0.3, 0.4) is 0 Å². The van der Waals surface area contributed by atoms with E-state index in [1.807, 2.05) is 32.9 Å². The number of carbonyl (C=O) groups excluding carboxylic acids is 1. The summed E-state index contributed by atoms with van der Waals surface area (Å²) in [6.45, 7) is 7.29. The van der Waals surface area contributed by atoms with E-state index >= 15 is 0 Å². The van der Waals surface area contributed by atoms with Crippen LogP contribution >= 0.6 is 15.9 Å². The van der Waals surface area contributed by atoms with Crippen LogP contribution in [0.5, 0.6) is 11.5 Å². The van der Waals surface area contributed by atoms with Crippen LogP contribution in [0.25, 0.3) is 0 Å². The van der Waals surface area contributed by atoms with Gasteiger partial charge in [0, 0.05) is 24.3 Å². The second-order valence-corrected chi connectivity index (χ2v) is 7.67. The van der Waals surface area contributed by atoms with Crippen molar-refractivity contribution >= 4 is 22.0 Å². The number of rotatable bonds is 2. The molecule has 0 bridgehead atoms. The van der Waals surface area contributed by atoms with Crippen LogP contribution in [0.2, 0.25) is 0 Å². The molecule has 126 valence electrons. The number of halogens is 1. The average molecular weight is 384 g/mol. The fraction of sp³-hybridized carbons (Fsp3) is 0.588. The fourth-order valence-electron chi connectivity index (χ4n) is 3.02. The Morgan fingerprint density at radius 2 is 2.04 bits per heavy atom. The van der Waals surface area contributed by atoms with E-state index in [9.17, 15) is 4.79 Å². The first kappa shape index (κ1) is 16.4. The summed E-state index contributed by atoms with van der Waals surface area (Å²) in [4.78, 5) is 14.1. The first-order valence-corrected chi connectivity index (χ1v) is 8.93. The van der Waals surface area contributed by atoms with Gasteiger partial charge in [0.15, 0.2) is 11.5 Å². The molecule has 0 aromatic heterocycles. The van der Waals surface area contributed by atoms with Gasteiger partial charge in [0.2, 0.25) is 6.79 Å². The molecule has 0 saturated carbocycles. The maximum Gasteiger partial charge on any atom is 0.410 e. The van der Waals surface area contributed by atoms with Gasteiger partial charge in [-0.2, -0.15) is 0 Å². The van der Waals surface area contributed by atoms with Crippen molar-refractivity contribution in [3.8, 4) is 11.5 Å². The Bertz CT molecular complexity index is 599. The molecular formula is C17H22BrNO4. The molecule has 0 radical (unpaired) electrons. The summed E-state index contributed by atoms with van der Waals surface area (Å²) in [7, 11) is 0. The van der Waals surface area contributed by atoms with Crippen LogP contribution in [0.1, 0.15) is 32.3 Å². The zero-order valence-electron chi connectivity index (χ0n) is 13.7. The molecular weight excluding hydrogens is 362 g/mol. The molecule has 2 aliphatic heterocycles. The van der Waals surface area contributed by atoms with Gasteiger partial charge >= 0.3 is 6.09 Å². The molecule has 6 heteroatoms. The van der Waals surface area contributed by atoms with Gasteiger partial charge in [-0.25, -0.2) is 4.79 Å². The third kappa shape index (κ3) is 3.57. The van der Waals surface area contributed by atoms with Crippen molar-refractivity contribution in [1.29, 1.82) is 0 Å². The van der Waals surface area contributed by atoms with Crippen LogP contribution in [-0.4, -0.2) is 41.8 Å². The highest BCUT2D eigenvalue weighted by Crippen LogP contribution is 2.40. The summed E-state index contributed by atoms with van der Waals surface area (Å²) in [5.41, 5.74) is 0.697. The number of hydrogen-bond donors (Lipinski definition) is 0. The lowest BCUT2D eigenvalue weighted by molar-refractivity contribution is 0.0288. The lowest BCUT2D eigenvalue weighted by Gasteiger charge is -2.24. The molecule has 1 saturated heterocycles. The number of carbonyl (C=O) groups is 1. The van der Waals surface area contributed by atoms with E-state index in [1.54, 1.807) is 4.90 Å². The molecule has 1 fully saturated rings. The zero-order chi connectivity index (χ0) is 16.6. The maximum atomic E-state index is 12.3. The average Bonchev–Trinajstić information content (AvgIpc) is 3.11. The van der Waals surface area contributed by atoms with E-state index in [0.29, 0.717) is 19.0 Å². The number of likely N-dealkylation sites (tertiary alicyclic amines) is 1. The summed E-state index contributed by atoms with van der Waals surface area (Å²) in [6.07, 6.45) is -0.244. The molecule has 1 amide bonds. The highest BCUT2D eigenvalue weighted by molar-refractivity contribution is 9.09. The van der Waals surface area contributed by atoms with E-state index in [1.165, 1.54) is 5.56 Å². The minimum atomic E-state index is -0.474. The van der Waals surface area contributed by atoms with Gasteiger partial charge in [0.05, 0.1) is 0 Å². The minimum Gasteiger partial charge on any atom is -0.454 e. The summed E-state index contributed by atoms with van der Waals surface area (Å²) >= 11 is 3.58. The number of amides is 1. The summed E-state index contributed by atoms with van der Waals surface area (Å²) in [5, 5.41) is 0.839. The van der Waals surface area contributed by atoms with Crippen LogP contribution < -0.4 is 9.47 Å². The molecule has 3 rings (SSSR count). The second-order valence-electron chi connectivity index (χ2n) is 7.02. The molecule has 0 unspecified atom stereocenters. The number of nitrogens with zero attached hydrogens (tertiary/aromatic N) is 1. The van der Waals surface area contributed by atoms with E-state index in [-0.39, 0.29) is 18.8 Å². The van der Waals surface area contributed by atoms with E-state index in [4.69, 9.17) is 14.2 Å². The normalized spacial score (nSPS) is 23.2. The van der Waals surface area contributed by atoms with Gasteiger partial charge in [-0.05, 0) is 44.4 Å². The highest BCUT2D eigenvalue weighted by atomic mass is 79.9. The van der Waals surface area contributed by atoms with Crippen molar-refractivity contribution in [2.45, 2.75) is 32.3 Å². The van der Waals surface area contributed by atoms with Crippen molar-refractivity contribution in [3.05, 3.63) is 23.8 Å². The quantitative estimate of drug-likeness (QED) is 0.729. The minimum absolute atomic E-state index is 0.244. The standard InChI is InChI=1S/C17H22BrNO4/c1-17(2,3)23-16(20)19-8-12(7-18)13(9-19)11-4-5-14-15(6-11)22-10-21-14/h4-6,12-13H,7-10H2,1-3H3/t12-,13+/m1/s1. The predicted octanol–water partition coefficient (Wildman–Crippen LogP) is 3.76. The molecule has 0 N–H and O–H groups in total. The van der Waals surface area contributed by atoms with Gasteiger partial charge < -0.3 is 19.1 Å². The maximum absolute atomic E-state index is 12.3. The van der Waals surface area contributed by atoms with Gasteiger partial charge in [-0.3, -0.25) is 0 Å². The lowest BCUT2D eigenvalue weighted by atomic mass is 9.90. The number of hydrogen-bond acceptors (Lipinski definition) is 4. The Hall–Kier alpha value is -1.43. The Morgan fingerprint density at radius 3 is 2.74 bits per heavy atom. The first-order valence-electron chi connectivity index (χ1n) is 7.81. The predicted molar refractivity (Wildman–Crippen MR) is 90.4 cm³/mol. The summed E-state index contributed by atoms with van der Waals surface area (Å²) in [5.74, 6) is 2.18. The van der Waals surface area contributed by atoms with Gasteiger partial charge in [-0.15, -0.1) is 0 Å². The summed E-state index contributed by atoms with van der Waals surface area (Å²) < 4.78 is 16.3. The first-order chi connectivity index (χ1) is 10.9. The Labute approximate surface area is 145 Å². The molecule has 1 aromatic carbocycles. The van der Waals surface area contributed by atoms with Gasteiger partial charge in [0.1, 0.15) is 5.60 Å². The van der Waals surface area contributed by atoms with Gasteiger partial charge in [-0.1, -0.05) is 22.0 Å². The van der Waals surface area contributed by atoms with E-state index < -0.39 is 5.60 Å². The smallest absolute Gasteiger partial charge is 0.410 e. The fourth-order valence-corrected chi connectivity index (χ4v) is 3.68. The van der Waals surface area contributed by atoms with Crippen molar-refractivity contribution in [2.75, 3.05) is 25.2 Å². The number of alkyl halides is 1. The number of benzene rings is 1. The highest BCUT2D eigenvalue weighted by Gasteiger charge is 2.37. The molecule has 2 heterocycles. The van der Waals surface area contributed by atoms with Crippen LogP contribution in [-0.2, 0) is 4.74 Å². The van der Waals surface area contributed by atoms with Crippen molar-refractivity contribution in [3.63, 3.8) is 0 Å². The van der Waals surface area contributed by atoms with Crippen molar-refractivity contribution in [2.24, 2.45) is 5.92 Å². The SMILES string of the molecule is CC(C)(C)OC(=O)N1C[C@@H](CBr)[C@H](c2ccc3c(c2)OCO3)C1. The van der Waals surface area contributed by atoms with Crippen LogP contribution in [0, 0.1) is 5.92 Å². The second kappa shape index (κ2) is 6.23. The third-order valence-electron chi connectivity index (χ3n) is 4.12. The Balaban J connectivity index is 1.76. The van der Waals surface area contributed by atoms with Crippen LogP contribution in [0.4, 0.5) is 4.79 Å².